The molecule has 10 nitrogen and oxygen atoms in total. The Labute approximate surface area is 193 Å². The molecule has 0 aliphatic carbocycles. The molecule has 2 saturated heterocycles. The number of carbonyl (C=O) groups is 1. The Hall–Kier alpha value is -3.03. The number of aromatic nitrogens is 3. The van der Waals surface area contributed by atoms with Crippen molar-refractivity contribution in [2.24, 2.45) is 0 Å². The number of thiophene rings is 1. The number of hydrogen-bond donors (Lipinski definition) is 0. The highest BCUT2D eigenvalue weighted by Gasteiger charge is 2.34. The van der Waals surface area contributed by atoms with Gasteiger partial charge in [-0.2, -0.15) is 4.31 Å². The average molecular weight is 493 g/mol. The lowest BCUT2D eigenvalue weighted by Gasteiger charge is -2.35. The van der Waals surface area contributed by atoms with Crippen molar-refractivity contribution in [1.82, 2.24) is 19.3 Å². The zero-order chi connectivity index (χ0) is 23.0. The molecule has 2 fully saturated rings. The molecule has 3 aromatic rings. The van der Waals surface area contributed by atoms with Crippen molar-refractivity contribution in [2.45, 2.75) is 16.9 Å². The predicted octanol–water partition coefficient (Wildman–Crippen LogP) is 2.02. The molecule has 2 aromatic heterocycles. The zero-order valence-corrected chi connectivity index (χ0v) is 19.1. The molecule has 0 spiro atoms. The molecule has 1 atom stereocenters. The number of anilines is 2. The molecular weight excluding hydrogens is 471 g/mol. The van der Waals surface area contributed by atoms with E-state index in [2.05, 4.69) is 10.3 Å². The molecule has 0 N–H and O–H groups in total. The molecule has 0 unspecified atom stereocenters. The van der Waals surface area contributed by atoms with Gasteiger partial charge >= 0.3 is 6.09 Å². The van der Waals surface area contributed by atoms with Crippen LogP contribution in [0.5, 0.6) is 0 Å². The third kappa shape index (κ3) is 4.30. The van der Waals surface area contributed by atoms with Crippen LogP contribution in [0.3, 0.4) is 0 Å². The van der Waals surface area contributed by atoms with Crippen molar-refractivity contribution in [1.29, 1.82) is 0 Å². The second kappa shape index (κ2) is 8.72. The van der Waals surface area contributed by atoms with Crippen LogP contribution < -0.4 is 9.80 Å². The summed E-state index contributed by atoms with van der Waals surface area (Å²) >= 11 is 1.18. The molecule has 13 heteroatoms. The van der Waals surface area contributed by atoms with Crippen LogP contribution in [-0.2, 0) is 21.3 Å². The molecule has 4 heterocycles. The summed E-state index contributed by atoms with van der Waals surface area (Å²) in [6.07, 6.45) is 2.26. The second-order valence-corrected chi connectivity index (χ2v) is 10.8. The minimum Gasteiger partial charge on any atom is -0.442 e. The van der Waals surface area contributed by atoms with E-state index in [9.17, 15) is 17.6 Å². The minimum atomic E-state index is -3.52. The summed E-state index contributed by atoms with van der Waals surface area (Å²) in [5, 5.41) is 9.32. The van der Waals surface area contributed by atoms with Crippen LogP contribution in [0, 0.1) is 5.82 Å². The molecule has 1 amide bonds. The fourth-order valence-electron chi connectivity index (χ4n) is 3.99. The van der Waals surface area contributed by atoms with Gasteiger partial charge in [0.15, 0.2) is 0 Å². The fraction of sp³-hybridized carbons (Fsp3) is 0.350. The van der Waals surface area contributed by atoms with Crippen LogP contribution >= 0.6 is 11.3 Å². The summed E-state index contributed by atoms with van der Waals surface area (Å²) in [4.78, 5) is 15.5. The first-order chi connectivity index (χ1) is 15.9. The van der Waals surface area contributed by atoms with E-state index in [1.165, 1.54) is 26.6 Å². The van der Waals surface area contributed by atoms with Crippen molar-refractivity contribution in [3.05, 3.63) is 53.9 Å². The topological polar surface area (TPSA) is 101 Å². The Morgan fingerprint density at radius 3 is 2.67 bits per heavy atom. The van der Waals surface area contributed by atoms with Gasteiger partial charge in [-0.25, -0.2) is 22.3 Å². The van der Waals surface area contributed by atoms with Crippen LogP contribution in [0.1, 0.15) is 0 Å². The molecule has 2 aliphatic rings. The van der Waals surface area contributed by atoms with Gasteiger partial charge in [0, 0.05) is 32.4 Å². The van der Waals surface area contributed by atoms with Crippen LogP contribution in [0.15, 0.2) is 52.3 Å². The third-order valence-corrected chi connectivity index (χ3v) is 8.92. The number of benzene rings is 1. The van der Waals surface area contributed by atoms with E-state index in [1.54, 1.807) is 46.7 Å². The molecular formula is C20H21FN6O4S2. The largest absolute Gasteiger partial charge is 0.442 e. The van der Waals surface area contributed by atoms with E-state index in [4.69, 9.17) is 4.74 Å². The van der Waals surface area contributed by atoms with E-state index in [1.807, 2.05) is 4.90 Å². The fourth-order valence-corrected chi connectivity index (χ4v) is 6.56. The Morgan fingerprint density at radius 2 is 2.00 bits per heavy atom. The maximum atomic E-state index is 15.0. The Bertz CT molecular complexity index is 1230. The predicted molar refractivity (Wildman–Crippen MR) is 119 cm³/mol. The van der Waals surface area contributed by atoms with Crippen molar-refractivity contribution in [3.63, 3.8) is 0 Å². The summed E-state index contributed by atoms with van der Waals surface area (Å²) in [5.41, 5.74) is 0.778. The number of nitrogens with zero attached hydrogens (tertiary/aromatic N) is 6. The smallest absolute Gasteiger partial charge is 0.414 e. The van der Waals surface area contributed by atoms with E-state index < -0.39 is 28.0 Å². The summed E-state index contributed by atoms with van der Waals surface area (Å²) in [5.74, 6) is -0.477. The Balaban J connectivity index is 1.24. The van der Waals surface area contributed by atoms with Gasteiger partial charge < -0.3 is 9.64 Å². The van der Waals surface area contributed by atoms with Crippen LogP contribution in [0.4, 0.5) is 20.6 Å². The normalized spacial score (nSPS) is 19.8. The van der Waals surface area contributed by atoms with Gasteiger partial charge in [0.1, 0.15) is 16.1 Å². The van der Waals surface area contributed by atoms with Gasteiger partial charge in [0.2, 0.25) is 0 Å². The van der Waals surface area contributed by atoms with Gasteiger partial charge in [0.05, 0.1) is 30.7 Å². The number of rotatable bonds is 6. The standard InChI is InChI=1S/C20H21FN6O4S2/c21-17-12-15(27-14-16(31-20(27)28)13-25-6-5-22-23-25)3-4-18(17)24-7-9-26(10-8-24)33(29,30)19-2-1-11-32-19/h1-6,11-12,16H,7-10,13-14H2/t16-/m0/s1. The molecule has 2 aliphatic heterocycles. The monoisotopic (exact) mass is 492 g/mol. The summed E-state index contributed by atoms with van der Waals surface area (Å²) in [6.45, 7) is 1.91. The van der Waals surface area contributed by atoms with Gasteiger partial charge in [-0.1, -0.05) is 11.3 Å². The van der Waals surface area contributed by atoms with E-state index in [0.29, 0.717) is 35.2 Å². The lowest BCUT2D eigenvalue weighted by atomic mass is 10.2. The van der Waals surface area contributed by atoms with Crippen LogP contribution in [-0.4, -0.2) is 72.6 Å². The average Bonchev–Trinajstić information content (AvgIpc) is 3.57. The lowest BCUT2D eigenvalue weighted by molar-refractivity contribution is 0.129. The van der Waals surface area contributed by atoms with Crippen molar-refractivity contribution >= 4 is 38.8 Å². The number of halogens is 1. The van der Waals surface area contributed by atoms with E-state index in [-0.39, 0.29) is 19.6 Å². The molecule has 174 valence electrons. The van der Waals surface area contributed by atoms with Gasteiger partial charge in [0.25, 0.3) is 10.0 Å². The number of carbonyl (C=O) groups excluding carboxylic acids is 1. The maximum absolute atomic E-state index is 15.0. The van der Waals surface area contributed by atoms with E-state index >= 15 is 0 Å². The highest BCUT2D eigenvalue weighted by Crippen LogP contribution is 2.30. The number of piperazine rings is 1. The van der Waals surface area contributed by atoms with Crippen molar-refractivity contribution in [2.75, 3.05) is 42.5 Å². The van der Waals surface area contributed by atoms with E-state index in [0.717, 1.165) is 0 Å². The Morgan fingerprint density at radius 1 is 1.18 bits per heavy atom. The number of sulfonamides is 1. The highest BCUT2D eigenvalue weighted by molar-refractivity contribution is 7.91. The van der Waals surface area contributed by atoms with Gasteiger partial charge in [-0.05, 0) is 29.6 Å². The SMILES string of the molecule is O=C1O[C@@H](Cn2ccnn2)CN1c1ccc(N2CCN(S(=O)(=O)c3cccs3)CC2)c(F)c1. The first-order valence-corrected chi connectivity index (χ1v) is 12.6. The Kier molecular flexibility index (Phi) is 5.76. The second-order valence-electron chi connectivity index (χ2n) is 7.70. The summed E-state index contributed by atoms with van der Waals surface area (Å²) in [7, 11) is -3.52. The molecule has 1 aromatic carbocycles. The van der Waals surface area contributed by atoms with Crippen LogP contribution in [0.25, 0.3) is 0 Å². The number of ether oxygens (including phenoxy) is 1. The van der Waals surface area contributed by atoms with Gasteiger partial charge in [-0.3, -0.25) is 4.90 Å². The van der Waals surface area contributed by atoms with Gasteiger partial charge in [-0.15, -0.1) is 16.4 Å². The summed E-state index contributed by atoms with van der Waals surface area (Å²) in [6, 6.07) is 7.89. The maximum Gasteiger partial charge on any atom is 0.414 e. The molecule has 0 bridgehead atoms. The molecule has 5 rings (SSSR count). The van der Waals surface area contributed by atoms with Crippen LogP contribution in [0.2, 0.25) is 0 Å². The molecule has 0 radical (unpaired) electrons. The quantitative estimate of drug-likeness (QED) is 0.519. The number of amides is 1. The van der Waals surface area contributed by atoms with Crippen molar-refractivity contribution < 1.29 is 22.3 Å². The third-order valence-electron chi connectivity index (χ3n) is 5.65. The minimum absolute atomic E-state index is 0.268. The number of cyclic esters (lactones) is 1. The first-order valence-electron chi connectivity index (χ1n) is 10.3. The lowest BCUT2D eigenvalue weighted by Crippen LogP contribution is -2.48. The number of hydrogen-bond acceptors (Lipinski definition) is 8. The zero-order valence-electron chi connectivity index (χ0n) is 17.4. The van der Waals surface area contributed by atoms with Crippen molar-refractivity contribution in [3.8, 4) is 0 Å². The molecule has 33 heavy (non-hydrogen) atoms. The highest BCUT2D eigenvalue weighted by atomic mass is 32.2. The molecule has 0 saturated carbocycles. The first kappa shape index (κ1) is 21.8. The summed E-state index contributed by atoms with van der Waals surface area (Å²) < 4.78 is 49.1.